The molecule has 1 N–H and O–H groups in total. The fourth-order valence-electron chi connectivity index (χ4n) is 1.42. The van der Waals surface area contributed by atoms with Crippen LogP contribution in [0.2, 0.25) is 0 Å². The average molecular weight is 282 g/mol. The van der Waals surface area contributed by atoms with Gasteiger partial charge in [-0.25, -0.2) is 4.98 Å². The summed E-state index contributed by atoms with van der Waals surface area (Å²) >= 11 is 6.96. The molecule has 0 bridgehead atoms. The number of nitrogens with zero attached hydrogens (tertiary/aromatic N) is 2. The smallest absolute Gasteiger partial charge is 0.234 e. The van der Waals surface area contributed by atoms with E-state index in [4.69, 9.17) is 11.6 Å². The fraction of sp³-hybridized carbons (Fsp3) is 0.250. The number of hydrogen-bond acceptors (Lipinski definition) is 4. The van der Waals surface area contributed by atoms with Crippen molar-refractivity contribution in [3.05, 3.63) is 35.6 Å². The van der Waals surface area contributed by atoms with Gasteiger partial charge in [0, 0.05) is 36.3 Å². The molecule has 6 heteroatoms. The van der Waals surface area contributed by atoms with Crippen molar-refractivity contribution >= 4 is 28.8 Å². The molecule has 2 aromatic rings. The lowest BCUT2D eigenvalue weighted by molar-refractivity contribution is -0.118. The third-order valence-corrected chi connectivity index (χ3v) is 3.47. The van der Waals surface area contributed by atoms with Crippen molar-refractivity contribution in [1.29, 1.82) is 0 Å². The number of hydrogen-bond donors (Lipinski definition) is 1. The Morgan fingerprint density at radius 3 is 3.11 bits per heavy atom. The molecule has 0 fully saturated rings. The molecule has 2 heterocycles. The molecule has 0 aliphatic heterocycles. The van der Waals surface area contributed by atoms with E-state index >= 15 is 0 Å². The van der Waals surface area contributed by atoms with Crippen molar-refractivity contribution in [3.8, 4) is 10.6 Å². The normalized spacial score (nSPS) is 10.3. The predicted octanol–water partition coefficient (Wildman–Crippen LogP) is 2.10. The van der Waals surface area contributed by atoms with Crippen molar-refractivity contribution in [2.24, 2.45) is 0 Å². The highest BCUT2D eigenvalue weighted by atomic mass is 35.5. The van der Waals surface area contributed by atoms with Crippen molar-refractivity contribution in [3.63, 3.8) is 0 Å². The van der Waals surface area contributed by atoms with Crippen LogP contribution in [-0.4, -0.2) is 28.3 Å². The zero-order valence-corrected chi connectivity index (χ0v) is 11.2. The Morgan fingerprint density at radius 2 is 2.39 bits per heavy atom. The van der Waals surface area contributed by atoms with Crippen LogP contribution in [0, 0.1) is 0 Å². The monoisotopic (exact) mass is 281 g/mol. The van der Waals surface area contributed by atoms with Gasteiger partial charge in [-0.2, -0.15) is 0 Å². The molecule has 0 aliphatic rings. The van der Waals surface area contributed by atoms with Crippen molar-refractivity contribution in [2.75, 3.05) is 12.4 Å². The van der Waals surface area contributed by atoms with Crippen LogP contribution in [0.25, 0.3) is 10.6 Å². The number of carbonyl (C=O) groups excluding carboxylic acids is 1. The molecule has 0 saturated heterocycles. The molecular weight excluding hydrogens is 270 g/mol. The number of aromatic nitrogens is 2. The average Bonchev–Trinajstić information content (AvgIpc) is 2.88. The number of amides is 1. The van der Waals surface area contributed by atoms with E-state index in [1.807, 2.05) is 17.5 Å². The first-order chi connectivity index (χ1) is 8.79. The Bertz CT molecular complexity index is 515. The zero-order chi connectivity index (χ0) is 12.8. The summed E-state index contributed by atoms with van der Waals surface area (Å²) in [6, 6.07) is 3.86. The summed E-state index contributed by atoms with van der Waals surface area (Å²) in [6.07, 6.45) is 4.23. The minimum absolute atomic E-state index is 0.00198. The number of rotatable bonds is 5. The van der Waals surface area contributed by atoms with Crippen LogP contribution in [0.1, 0.15) is 5.69 Å². The number of halogens is 1. The highest BCUT2D eigenvalue weighted by Crippen LogP contribution is 2.22. The van der Waals surface area contributed by atoms with Crippen LogP contribution >= 0.6 is 22.9 Å². The SMILES string of the molecule is O=C(CCl)NCCc1csc(-c2cccnc2)n1. The number of alkyl halides is 1. The molecule has 94 valence electrons. The standard InChI is InChI=1S/C12H12ClN3OS/c13-6-11(17)15-5-3-10-8-18-12(16-10)9-2-1-4-14-7-9/h1-2,4,7-8H,3,5-6H2,(H,15,17). The molecule has 0 spiro atoms. The van der Waals surface area contributed by atoms with Gasteiger partial charge in [-0.15, -0.1) is 22.9 Å². The van der Waals surface area contributed by atoms with E-state index in [1.165, 1.54) is 0 Å². The van der Waals surface area contributed by atoms with E-state index in [9.17, 15) is 4.79 Å². The maximum Gasteiger partial charge on any atom is 0.234 e. The van der Waals surface area contributed by atoms with Crippen LogP contribution in [-0.2, 0) is 11.2 Å². The van der Waals surface area contributed by atoms with Crippen molar-refractivity contribution in [1.82, 2.24) is 15.3 Å². The van der Waals surface area contributed by atoms with Crippen LogP contribution in [0.5, 0.6) is 0 Å². The van der Waals surface area contributed by atoms with E-state index in [0.29, 0.717) is 13.0 Å². The van der Waals surface area contributed by atoms with Gasteiger partial charge >= 0.3 is 0 Å². The Balaban J connectivity index is 1.93. The Labute approximate surface area is 114 Å². The third kappa shape index (κ3) is 3.51. The zero-order valence-electron chi connectivity index (χ0n) is 9.60. The highest BCUT2D eigenvalue weighted by Gasteiger charge is 2.05. The summed E-state index contributed by atoms with van der Waals surface area (Å²) in [4.78, 5) is 19.5. The molecule has 18 heavy (non-hydrogen) atoms. The lowest BCUT2D eigenvalue weighted by Gasteiger charge is -2.00. The topological polar surface area (TPSA) is 54.9 Å². The predicted molar refractivity (Wildman–Crippen MR) is 72.8 cm³/mol. The van der Waals surface area contributed by atoms with Gasteiger partial charge in [0.15, 0.2) is 0 Å². The highest BCUT2D eigenvalue weighted by molar-refractivity contribution is 7.13. The van der Waals surface area contributed by atoms with Crippen LogP contribution in [0.15, 0.2) is 29.9 Å². The molecule has 0 unspecified atom stereocenters. The lowest BCUT2D eigenvalue weighted by Crippen LogP contribution is -2.26. The van der Waals surface area contributed by atoms with Gasteiger partial charge in [0.25, 0.3) is 0 Å². The second-order valence-corrected chi connectivity index (χ2v) is 4.74. The molecule has 4 nitrogen and oxygen atoms in total. The molecule has 2 aromatic heterocycles. The third-order valence-electron chi connectivity index (χ3n) is 2.28. The van der Waals surface area contributed by atoms with Crippen molar-refractivity contribution < 1.29 is 4.79 Å². The maximum atomic E-state index is 11.0. The van der Waals surface area contributed by atoms with Gasteiger partial charge < -0.3 is 5.32 Å². The first kappa shape index (κ1) is 13.0. The van der Waals surface area contributed by atoms with Crippen LogP contribution < -0.4 is 5.32 Å². The lowest BCUT2D eigenvalue weighted by atomic mass is 10.3. The van der Waals surface area contributed by atoms with E-state index in [1.54, 1.807) is 23.7 Å². The van der Waals surface area contributed by atoms with Crippen molar-refractivity contribution in [2.45, 2.75) is 6.42 Å². The van der Waals surface area contributed by atoms with Crippen LogP contribution in [0.3, 0.4) is 0 Å². The quantitative estimate of drug-likeness (QED) is 0.854. The largest absolute Gasteiger partial charge is 0.355 e. The number of thiazole rings is 1. The second kappa shape index (κ2) is 6.47. The molecular formula is C12H12ClN3OS. The molecule has 1 amide bonds. The maximum absolute atomic E-state index is 11.0. The van der Waals surface area contributed by atoms with Gasteiger partial charge in [0.05, 0.1) is 5.69 Å². The summed E-state index contributed by atoms with van der Waals surface area (Å²) in [5, 5.41) is 5.65. The van der Waals surface area contributed by atoms with Crippen LogP contribution in [0.4, 0.5) is 0 Å². The summed E-state index contributed by atoms with van der Waals surface area (Å²) in [5.74, 6) is -0.155. The van der Waals surface area contributed by atoms with Gasteiger partial charge in [-0.1, -0.05) is 0 Å². The Kier molecular flexibility index (Phi) is 4.66. The molecule has 2 rings (SSSR count). The molecule has 0 radical (unpaired) electrons. The summed E-state index contributed by atoms with van der Waals surface area (Å²) in [7, 11) is 0. The minimum atomic E-state index is -0.153. The summed E-state index contributed by atoms with van der Waals surface area (Å²) in [5.41, 5.74) is 1.98. The molecule has 0 aromatic carbocycles. The molecule has 0 atom stereocenters. The molecule has 0 aliphatic carbocycles. The number of carbonyl (C=O) groups is 1. The van der Waals surface area contributed by atoms with E-state index in [-0.39, 0.29) is 11.8 Å². The summed E-state index contributed by atoms with van der Waals surface area (Å²) in [6.45, 7) is 0.557. The first-order valence-corrected chi connectivity index (χ1v) is 6.88. The van der Waals surface area contributed by atoms with E-state index < -0.39 is 0 Å². The Morgan fingerprint density at radius 1 is 1.50 bits per heavy atom. The van der Waals surface area contributed by atoms with E-state index in [0.717, 1.165) is 16.3 Å². The van der Waals surface area contributed by atoms with Gasteiger partial charge in [-0.05, 0) is 12.1 Å². The van der Waals surface area contributed by atoms with Gasteiger partial charge in [-0.3, -0.25) is 9.78 Å². The van der Waals surface area contributed by atoms with Gasteiger partial charge in [0.1, 0.15) is 10.9 Å². The first-order valence-electron chi connectivity index (χ1n) is 5.47. The summed E-state index contributed by atoms with van der Waals surface area (Å²) < 4.78 is 0. The number of pyridine rings is 1. The molecule has 0 saturated carbocycles. The number of nitrogens with one attached hydrogen (secondary N) is 1. The minimum Gasteiger partial charge on any atom is -0.355 e. The second-order valence-electron chi connectivity index (χ2n) is 3.62. The van der Waals surface area contributed by atoms with E-state index in [2.05, 4.69) is 15.3 Å². The fourth-order valence-corrected chi connectivity index (χ4v) is 2.36. The van der Waals surface area contributed by atoms with Gasteiger partial charge in [0.2, 0.25) is 5.91 Å². The Hall–Kier alpha value is -1.46.